The average Bonchev–Trinajstić information content (AvgIpc) is 2.32. The maximum absolute atomic E-state index is 12.1. The van der Waals surface area contributed by atoms with E-state index < -0.39 is 0 Å². The Balaban J connectivity index is 2.86. The molecule has 0 saturated heterocycles. The number of hydrogen-bond donors (Lipinski definition) is 1. The van der Waals surface area contributed by atoms with Gasteiger partial charge in [-0.3, -0.25) is 4.79 Å². The fourth-order valence-electron chi connectivity index (χ4n) is 1.35. The van der Waals surface area contributed by atoms with Crippen LogP contribution in [0, 0.1) is 6.92 Å². The van der Waals surface area contributed by atoms with Gasteiger partial charge in [0, 0.05) is 20.9 Å². The van der Waals surface area contributed by atoms with Crippen molar-refractivity contribution in [3.8, 4) is 0 Å². The van der Waals surface area contributed by atoms with Crippen molar-refractivity contribution < 1.29 is 4.79 Å². The first-order valence-electron chi connectivity index (χ1n) is 5.56. The number of benzene rings is 1. The van der Waals surface area contributed by atoms with Gasteiger partial charge in [-0.1, -0.05) is 38.8 Å². The maximum Gasteiger partial charge on any atom is 0.251 e. The Labute approximate surface area is 119 Å². The maximum atomic E-state index is 12.1. The summed E-state index contributed by atoms with van der Waals surface area (Å²) in [5.74, 6) is -0.0237. The number of nitrogens with one attached hydrogen (secondary N) is 1. The Morgan fingerprint density at radius 2 is 2.12 bits per heavy atom. The molecule has 1 aromatic carbocycles. The van der Waals surface area contributed by atoms with Crippen LogP contribution in [0.3, 0.4) is 0 Å². The van der Waals surface area contributed by atoms with Crippen LogP contribution in [-0.2, 0) is 0 Å². The van der Waals surface area contributed by atoms with Crippen LogP contribution < -0.4 is 5.32 Å². The molecule has 2 nitrogen and oxygen atoms in total. The normalized spacial score (nSPS) is 14.2. The highest BCUT2D eigenvalue weighted by atomic mass is 79.9. The summed E-state index contributed by atoms with van der Waals surface area (Å²) in [5, 5.41) is 3.80. The van der Waals surface area contributed by atoms with Crippen molar-refractivity contribution in [2.75, 3.05) is 5.33 Å². The second-order valence-electron chi connectivity index (χ2n) is 4.47. The van der Waals surface area contributed by atoms with Gasteiger partial charge in [0.25, 0.3) is 5.91 Å². The number of alkyl halides is 1. The van der Waals surface area contributed by atoms with Crippen LogP contribution >= 0.6 is 31.9 Å². The van der Waals surface area contributed by atoms with Crippen molar-refractivity contribution in [3.63, 3.8) is 0 Å². The van der Waals surface area contributed by atoms with E-state index in [0.29, 0.717) is 5.56 Å². The lowest BCUT2D eigenvalue weighted by atomic mass is 10.0. The number of carbonyl (C=O) groups excluding carboxylic acids is 1. The van der Waals surface area contributed by atoms with E-state index in [9.17, 15) is 4.79 Å². The summed E-state index contributed by atoms with van der Waals surface area (Å²) in [6, 6.07) is 5.63. The van der Waals surface area contributed by atoms with Gasteiger partial charge in [-0.15, -0.1) is 0 Å². The van der Waals surface area contributed by atoms with Crippen LogP contribution in [0.5, 0.6) is 0 Å². The van der Waals surface area contributed by atoms with Crippen LogP contribution in [0.4, 0.5) is 0 Å². The molecule has 1 aromatic rings. The van der Waals surface area contributed by atoms with E-state index in [1.54, 1.807) is 0 Å². The van der Waals surface area contributed by atoms with E-state index in [4.69, 9.17) is 0 Å². The molecule has 0 aromatic heterocycles. The van der Waals surface area contributed by atoms with Gasteiger partial charge in [0.15, 0.2) is 0 Å². The SMILES string of the molecule is CCC(C)(CBr)NC(=O)c1ccc(Br)c(C)c1. The third-order valence-electron chi connectivity index (χ3n) is 2.91. The Hall–Kier alpha value is -0.350. The molecule has 1 rings (SSSR count). The fraction of sp³-hybridized carbons (Fsp3) is 0.462. The van der Waals surface area contributed by atoms with Gasteiger partial charge in [0.2, 0.25) is 0 Å². The summed E-state index contributed by atoms with van der Waals surface area (Å²) in [6.45, 7) is 6.07. The second-order valence-corrected chi connectivity index (χ2v) is 5.88. The van der Waals surface area contributed by atoms with E-state index >= 15 is 0 Å². The van der Waals surface area contributed by atoms with E-state index in [0.717, 1.165) is 21.8 Å². The Kier molecular flexibility index (Phi) is 5.20. The molecule has 17 heavy (non-hydrogen) atoms. The van der Waals surface area contributed by atoms with E-state index in [1.807, 2.05) is 32.0 Å². The van der Waals surface area contributed by atoms with E-state index in [1.165, 1.54) is 0 Å². The first-order valence-corrected chi connectivity index (χ1v) is 7.48. The molecule has 94 valence electrons. The lowest BCUT2D eigenvalue weighted by Gasteiger charge is -2.27. The number of hydrogen-bond acceptors (Lipinski definition) is 1. The average molecular weight is 363 g/mol. The Morgan fingerprint density at radius 1 is 1.47 bits per heavy atom. The van der Waals surface area contributed by atoms with Crippen molar-refractivity contribution in [3.05, 3.63) is 33.8 Å². The molecule has 1 unspecified atom stereocenters. The molecule has 0 fully saturated rings. The van der Waals surface area contributed by atoms with Crippen molar-refractivity contribution in [1.82, 2.24) is 5.32 Å². The highest BCUT2D eigenvalue weighted by Gasteiger charge is 2.23. The lowest BCUT2D eigenvalue weighted by Crippen LogP contribution is -2.46. The third kappa shape index (κ3) is 3.81. The van der Waals surface area contributed by atoms with Gasteiger partial charge in [-0.2, -0.15) is 0 Å². The summed E-state index contributed by atoms with van der Waals surface area (Å²) in [5.41, 5.74) is 1.57. The molecular formula is C13H17Br2NO. The summed E-state index contributed by atoms with van der Waals surface area (Å²) in [4.78, 5) is 12.1. The summed E-state index contributed by atoms with van der Waals surface area (Å²) < 4.78 is 1.02. The quantitative estimate of drug-likeness (QED) is 0.804. The fourth-order valence-corrected chi connectivity index (χ4v) is 2.13. The minimum atomic E-state index is -0.196. The summed E-state index contributed by atoms with van der Waals surface area (Å²) in [6.07, 6.45) is 0.888. The molecule has 1 amide bonds. The zero-order chi connectivity index (χ0) is 13.1. The van der Waals surface area contributed by atoms with Crippen molar-refractivity contribution >= 4 is 37.8 Å². The highest BCUT2D eigenvalue weighted by Crippen LogP contribution is 2.18. The molecule has 0 aliphatic carbocycles. The molecule has 0 radical (unpaired) electrons. The highest BCUT2D eigenvalue weighted by molar-refractivity contribution is 9.10. The zero-order valence-corrected chi connectivity index (χ0v) is 13.5. The monoisotopic (exact) mass is 361 g/mol. The van der Waals surface area contributed by atoms with Crippen LogP contribution in [0.15, 0.2) is 22.7 Å². The lowest BCUT2D eigenvalue weighted by molar-refractivity contribution is 0.0913. The number of aryl methyl sites for hydroxylation is 1. The number of carbonyl (C=O) groups is 1. The van der Waals surface area contributed by atoms with Gasteiger partial charge in [-0.05, 0) is 44.0 Å². The number of rotatable bonds is 4. The molecule has 0 aliphatic heterocycles. The minimum absolute atomic E-state index is 0.0237. The molecular weight excluding hydrogens is 346 g/mol. The van der Waals surface area contributed by atoms with Crippen LogP contribution in [0.2, 0.25) is 0 Å². The molecule has 0 saturated carbocycles. The van der Waals surface area contributed by atoms with E-state index in [-0.39, 0.29) is 11.4 Å². The largest absolute Gasteiger partial charge is 0.346 e. The van der Waals surface area contributed by atoms with Gasteiger partial charge in [-0.25, -0.2) is 0 Å². The molecule has 0 bridgehead atoms. The summed E-state index contributed by atoms with van der Waals surface area (Å²) in [7, 11) is 0. The van der Waals surface area contributed by atoms with Crippen LogP contribution in [-0.4, -0.2) is 16.8 Å². The first kappa shape index (κ1) is 14.7. The first-order chi connectivity index (χ1) is 7.91. The molecule has 1 N–H and O–H groups in total. The van der Waals surface area contributed by atoms with Crippen LogP contribution in [0.1, 0.15) is 36.2 Å². The predicted molar refractivity (Wildman–Crippen MR) is 78.8 cm³/mol. The smallest absolute Gasteiger partial charge is 0.251 e. The molecule has 0 spiro atoms. The van der Waals surface area contributed by atoms with Crippen molar-refractivity contribution in [2.45, 2.75) is 32.7 Å². The zero-order valence-electron chi connectivity index (χ0n) is 10.3. The number of amides is 1. The van der Waals surface area contributed by atoms with Crippen molar-refractivity contribution in [1.29, 1.82) is 0 Å². The molecule has 4 heteroatoms. The van der Waals surface area contributed by atoms with Crippen LogP contribution in [0.25, 0.3) is 0 Å². The second kappa shape index (κ2) is 6.01. The Morgan fingerprint density at radius 3 is 2.59 bits per heavy atom. The van der Waals surface area contributed by atoms with Gasteiger partial charge >= 0.3 is 0 Å². The van der Waals surface area contributed by atoms with Gasteiger partial charge in [0.05, 0.1) is 0 Å². The van der Waals surface area contributed by atoms with Crippen molar-refractivity contribution in [2.24, 2.45) is 0 Å². The predicted octanol–water partition coefficient (Wildman–Crippen LogP) is 4.05. The molecule has 1 atom stereocenters. The van der Waals surface area contributed by atoms with E-state index in [2.05, 4.69) is 44.1 Å². The number of halogens is 2. The minimum Gasteiger partial charge on any atom is -0.346 e. The summed E-state index contributed by atoms with van der Waals surface area (Å²) >= 11 is 6.87. The third-order valence-corrected chi connectivity index (χ3v) is 5.04. The molecule has 0 aliphatic rings. The van der Waals surface area contributed by atoms with Gasteiger partial charge < -0.3 is 5.32 Å². The molecule has 0 heterocycles. The van der Waals surface area contributed by atoms with Gasteiger partial charge in [0.1, 0.15) is 0 Å². The standard InChI is InChI=1S/C13H17Br2NO/c1-4-13(3,8-14)16-12(17)10-5-6-11(15)9(2)7-10/h5-7H,4,8H2,1-3H3,(H,16,17). The Bertz CT molecular complexity index is 414. The topological polar surface area (TPSA) is 29.1 Å².